The van der Waals surface area contributed by atoms with Crippen LogP contribution in [-0.2, 0) is 6.54 Å². The molecule has 0 saturated carbocycles. The van der Waals surface area contributed by atoms with Crippen LogP contribution in [0.4, 0.5) is 5.00 Å². The number of nitrogens with one attached hydrogen (secondary N) is 1. The fourth-order valence-electron chi connectivity index (χ4n) is 3.02. The lowest BCUT2D eigenvalue weighted by Crippen LogP contribution is -2.49. The first-order chi connectivity index (χ1) is 8.86. The van der Waals surface area contributed by atoms with E-state index in [4.69, 9.17) is 0 Å². The molecule has 0 radical (unpaired) electrons. The maximum atomic E-state index is 4.27. The van der Waals surface area contributed by atoms with Crippen molar-refractivity contribution in [2.45, 2.75) is 32.4 Å². The zero-order valence-corrected chi connectivity index (χ0v) is 11.7. The van der Waals surface area contributed by atoms with E-state index in [1.54, 1.807) is 0 Å². The average molecular weight is 267 g/mol. The van der Waals surface area contributed by atoms with E-state index in [1.165, 1.54) is 50.6 Å². The third-order valence-electron chi connectivity index (χ3n) is 3.94. The van der Waals surface area contributed by atoms with Gasteiger partial charge in [0.1, 0.15) is 10.7 Å². The highest BCUT2D eigenvalue weighted by atomic mass is 32.1. The van der Waals surface area contributed by atoms with Crippen LogP contribution >= 0.6 is 11.5 Å². The molecular weight excluding hydrogens is 246 g/mol. The van der Waals surface area contributed by atoms with Crippen molar-refractivity contribution in [1.29, 1.82) is 0 Å². The molecule has 0 aliphatic carbocycles. The van der Waals surface area contributed by atoms with Crippen molar-refractivity contribution >= 4 is 16.5 Å². The van der Waals surface area contributed by atoms with E-state index < -0.39 is 0 Å². The van der Waals surface area contributed by atoms with Gasteiger partial charge in [-0.2, -0.15) is 0 Å². The van der Waals surface area contributed by atoms with Gasteiger partial charge in [0.05, 0.1) is 0 Å². The van der Waals surface area contributed by atoms with Crippen LogP contribution in [0.25, 0.3) is 0 Å². The summed E-state index contributed by atoms with van der Waals surface area (Å²) in [5, 5.41) is 8.76. The second-order valence-electron chi connectivity index (χ2n) is 5.15. The minimum atomic E-state index is 0.785. The molecular formula is C12H21N5S. The monoisotopic (exact) mass is 267 g/mol. The van der Waals surface area contributed by atoms with Crippen LogP contribution in [0.2, 0.25) is 0 Å². The van der Waals surface area contributed by atoms with Gasteiger partial charge in [0, 0.05) is 50.3 Å². The van der Waals surface area contributed by atoms with Gasteiger partial charge in [-0.05, 0) is 26.3 Å². The van der Waals surface area contributed by atoms with E-state index >= 15 is 0 Å². The highest BCUT2D eigenvalue weighted by Gasteiger charge is 2.30. The van der Waals surface area contributed by atoms with E-state index in [0.717, 1.165) is 29.8 Å². The van der Waals surface area contributed by atoms with E-state index in [9.17, 15) is 0 Å². The standard InChI is InChI=1S/C12H21N5S/c1-2-13-12-11(14-15-18-12)9-16-6-7-17-5-3-4-10(17)8-16/h10,13H,2-9H2,1H3. The third-order valence-corrected chi connectivity index (χ3v) is 4.66. The zero-order valence-electron chi connectivity index (χ0n) is 10.9. The van der Waals surface area contributed by atoms with Crippen molar-refractivity contribution in [1.82, 2.24) is 19.4 Å². The molecule has 2 saturated heterocycles. The summed E-state index contributed by atoms with van der Waals surface area (Å²) in [5.41, 5.74) is 1.12. The molecule has 2 fully saturated rings. The molecule has 1 aromatic rings. The summed E-state index contributed by atoms with van der Waals surface area (Å²) in [6, 6.07) is 0.785. The number of aromatic nitrogens is 2. The molecule has 0 bridgehead atoms. The number of anilines is 1. The first kappa shape index (κ1) is 12.3. The van der Waals surface area contributed by atoms with Crippen molar-refractivity contribution in [2.24, 2.45) is 0 Å². The maximum absolute atomic E-state index is 4.27. The molecule has 3 heterocycles. The Morgan fingerprint density at radius 2 is 2.33 bits per heavy atom. The topological polar surface area (TPSA) is 44.3 Å². The number of rotatable bonds is 4. The van der Waals surface area contributed by atoms with Gasteiger partial charge in [0.2, 0.25) is 0 Å². The summed E-state index contributed by atoms with van der Waals surface area (Å²) in [6.45, 7) is 8.89. The molecule has 0 spiro atoms. The number of hydrogen-bond acceptors (Lipinski definition) is 6. The maximum Gasteiger partial charge on any atom is 0.134 e. The Balaban J connectivity index is 1.60. The summed E-state index contributed by atoms with van der Waals surface area (Å²) < 4.78 is 4.06. The molecule has 100 valence electrons. The van der Waals surface area contributed by atoms with Crippen LogP contribution in [0.1, 0.15) is 25.5 Å². The van der Waals surface area contributed by atoms with Crippen molar-refractivity contribution < 1.29 is 0 Å². The van der Waals surface area contributed by atoms with Crippen LogP contribution in [0, 0.1) is 0 Å². The Bertz CT molecular complexity index is 394. The van der Waals surface area contributed by atoms with Crippen molar-refractivity contribution in [3.8, 4) is 0 Å². The van der Waals surface area contributed by atoms with Gasteiger partial charge in [-0.1, -0.05) is 4.49 Å². The fraction of sp³-hybridized carbons (Fsp3) is 0.833. The lowest BCUT2D eigenvalue weighted by atomic mass is 10.1. The minimum Gasteiger partial charge on any atom is -0.374 e. The zero-order chi connectivity index (χ0) is 12.4. The lowest BCUT2D eigenvalue weighted by molar-refractivity contribution is 0.0986. The van der Waals surface area contributed by atoms with Gasteiger partial charge in [-0.15, -0.1) is 5.10 Å². The molecule has 2 aliphatic heterocycles. The molecule has 1 unspecified atom stereocenters. The average Bonchev–Trinajstić information content (AvgIpc) is 2.99. The smallest absolute Gasteiger partial charge is 0.134 e. The predicted molar refractivity (Wildman–Crippen MR) is 73.9 cm³/mol. The Kier molecular flexibility index (Phi) is 3.77. The second kappa shape index (κ2) is 5.50. The Labute approximate surface area is 112 Å². The molecule has 0 amide bonds. The van der Waals surface area contributed by atoms with Crippen molar-refractivity contribution in [2.75, 3.05) is 38.0 Å². The molecule has 6 heteroatoms. The van der Waals surface area contributed by atoms with Crippen LogP contribution in [-0.4, -0.2) is 58.2 Å². The van der Waals surface area contributed by atoms with Gasteiger partial charge in [-0.3, -0.25) is 9.80 Å². The largest absolute Gasteiger partial charge is 0.374 e. The SMILES string of the molecule is CCNc1snnc1CN1CCN2CCCC2C1. The van der Waals surface area contributed by atoms with Crippen LogP contribution in [0.5, 0.6) is 0 Å². The summed E-state index contributed by atoms with van der Waals surface area (Å²) in [7, 11) is 0. The first-order valence-electron chi connectivity index (χ1n) is 6.88. The highest BCUT2D eigenvalue weighted by molar-refractivity contribution is 7.10. The third kappa shape index (κ3) is 2.50. The fourth-order valence-corrected chi connectivity index (χ4v) is 3.66. The molecule has 18 heavy (non-hydrogen) atoms. The molecule has 5 nitrogen and oxygen atoms in total. The van der Waals surface area contributed by atoms with E-state index in [-0.39, 0.29) is 0 Å². The summed E-state index contributed by atoms with van der Waals surface area (Å²) in [6.07, 6.45) is 2.74. The van der Waals surface area contributed by atoms with E-state index in [2.05, 4.69) is 31.6 Å². The molecule has 1 aromatic heterocycles. The number of piperazine rings is 1. The second-order valence-corrected chi connectivity index (χ2v) is 5.90. The lowest BCUT2D eigenvalue weighted by Gasteiger charge is -2.37. The molecule has 2 aliphatic rings. The van der Waals surface area contributed by atoms with Crippen LogP contribution < -0.4 is 5.32 Å². The number of hydrogen-bond donors (Lipinski definition) is 1. The Morgan fingerprint density at radius 3 is 3.22 bits per heavy atom. The molecule has 1 N–H and O–H groups in total. The van der Waals surface area contributed by atoms with Gasteiger partial charge in [0.25, 0.3) is 0 Å². The minimum absolute atomic E-state index is 0.785. The number of nitrogens with zero attached hydrogens (tertiary/aromatic N) is 4. The first-order valence-corrected chi connectivity index (χ1v) is 7.65. The van der Waals surface area contributed by atoms with Crippen molar-refractivity contribution in [3.05, 3.63) is 5.69 Å². The van der Waals surface area contributed by atoms with E-state index in [0.29, 0.717) is 0 Å². The number of fused-ring (bicyclic) bond motifs is 1. The Hall–Kier alpha value is -0.720. The summed E-state index contributed by atoms with van der Waals surface area (Å²) >= 11 is 1.47. The van der Waals surface area contributed by atoms with Crippen LogP contribution in [0.15, 0.2) is 0 Å². The van der Waals surface area contributed by atoms with Gasteiger partial charge in [-0.25, -0.2) is 0 Å². The van der Waals surface area contributed by atoms with Crippen LogP contribution in [0.3, 0.4) is 0 Å². The predicted octanol–water partition coefficient (Wildman–Crippen LogP) is 1.25. The summed E-state index contributed by atoms with van der Waals surface area (Å²) in [5.74, 6) is 0. The highest BCUT2D eigenvalue weighted by Crippen LogP contribution is 2.24. The van der Waals surface area contributed by atoms with Crippen molar-refractivity contribution in [3.63, 3.8) is 0 Å². The van der Waals surface area contributed by atoms with E-state index in [1.807, 2.05) is 0 Å². The molecule has 0 aromatic carbocycles. The Morgan fingerprint density at radius 1 is 1.39 bits per heavy atom. The van der Waals surface area contributed by atoms with Gasteiger partial charge >= 0.3 is 0 Å². The molecule has 3 rings (SSSR count). The summed E-state index contributed by atoms with van der Waals surface area (Å²) in [4.78, 5) is 5.17. The molecule has 1 atom stereocenters. The normalized spacial score (nSPS) is 25.3. The van der Waals surface area contributed by atoms with Gasteiger partial charge in [0.15, 0.2) is 0 Å². The van der Waals surface area contributed by atoms with Gasteiger partial charge < -0.3 is 5.32 Å². The quantitative estimate of drug-likeness (QED) is 0.889.